The van der Waals surface area contributed by atoms with Gasteiger partial charge < -0.3 is 15.4 Å². The minimum Gasteiger partial charge on any atom is -0.463 e. The standard InChI is InChI=1S/C18H13Cl2F5N2O3/c1-2-30-16(29)17(18(23,24)25,26-10-4-6-13(21)14(22)8-10)27-15(28)11-5-3-9(19)7-12(11)20/h3-8,26H,2H2,1H3,(H,27,28)/t17-/m1/s1. The summed E-state index contributed by atoms with van der Waals surface area (Å²) in [7, 11) is 0. The number of halogens is 7. The molecular formula is C18H13Cl2F5N2O3. The lowest BCUT2D eigenvalue weighted by Crippen LogP contribution is -2.69. The molecule has 30 heavy (non-hydrogen) atoms. The summed E-state index contributed by atoms with van der Waals surface area (Å²) in [5.41, 5.74) is -4.92. The van der Waals surface area contributed by atoms with Gasteiger partial charge in [0.2, 0.25) is 0 Å². The number of nitrogens with one attached hydrogen (secondary N) is 2. The molecule has 0 spiro atoms. The Bertz CT molecular complexity index is 971. The molecule has 0 unspecified atom stereocenters. The SMILES string of the molecule is CCOC(=O)[C@](NC(=O)c1ccc(Cl)cc1Cl)(Nc1ccc(F)c(F)c1)C(F)(F)F. The fraction of sp³-hybridized carbons (Fsp3) is 0.222. The molecule has 0 radical (unpaired) electrons. The van der Waals surface area contributed by atoms with Crippen molar-refractivity contribution in [1.82, 2.24) is 5.32 Å². The number of alkyl halides is 3. The average molecular weight is 471 g/mol. The van der Waals surface area contributed by atoms with Gasteiger partial charge in [-0.15, -0.1) is 0 Å². The second kappa shape index (κ2) is 9.05. The Kier molecular flexibility index (Phi) is 7.14. The summed E-state index contributed by atoms with van der Waals surface area (Å²) >= 11 is 11.6. The Hall–Kier alpha value is -2.59. The van der Waals surface area contributed by atoms with E-state index in [-0.39, 0.29) is 10.0 Å². The van der Waals surface area contributed by atoms with Crippen LogP contribution in [0.15, 0.2) is 36.4 Å². The fourth-order valence-corrected chi connectivity index (χ4v) is 2.83. The predicted octanol–water partition coefficient (Wildman–Crippen LogP) is 4.94. The number of hydrogen-bond acceptors (Lipinski definition) is 4. The molecule has 2 aromatic rings. The molecule has 0 aliphatic carbocycles. The van der Waals surface area contributed by atoms with Crippen molar-refractivity contribution < 1.29 is 36.3 Å². The van der Waals surface area contributed by atoms with E-state index in [0.29, 0.717) is 12.1 Å². The van der Waals surface area contributed by atoms with Crippen LogP contribution in [0.4, 0.5) is 27.6 Å². The maximum absolute atomic E-state index is 14.1. The van der Waals surface area contributed by atoms with E-state index in [1.807, 2.05) is 0 Å². The summed E-state index contributed by atoms with van der Waals surface area (Å²) in [5.74, 6) is -6.14. The van der Waals surface area contributed by atoms with Crippen LogP contribution >= 0.6 is 23.2 Å². The molecule has 1 atom stereocenters. The third kappa shape index (κ3) is 4.93. The van der Waals surface area contributed by atoms with E-state index in [0.717, 1.165) is 18.2 Å². The maximum atomic E-state index is 14.1. The lowest BCUT2D eigenvalue weighted by molar-refractivity contribution is -0.204. The summed E-state index contributed by atoms with van der Waals surface area (Å²) < 4.78 is 73.3. The molecule has 12 heteroatoms. The van der Waals surface area contributed by atoms with E-state index in [9.17, 15) is 31.5 Å². The summed E-state index contributed by atoms with van der Waals surface area (Å²) in [6.07, 6.45) is -5.47. The predicted molar refractivity (Wildman–Crippen MR) is 99.3 cm³/mol. The average Bonchev–Trinajstić information content (AvgIpc) is 2.63. The first-order valence-electron chi connectivity index (χ1n) is 8.16. The molecule has 0 aromatic heterocycles. The number of esters is 1. The molecule has 0 heterocycles. The van der Waals surface area contributed by atoms with E-state index in [1.54, 1.807) is 5.32 Å². The normalized spacial score (nSPS) is 13.3. The van der Waals surface area contributed by atoms with Gasteiger partial charge in [-0.2, -0.15) is 13.2 Å². The van der Waals surface area contributed by atoms with Crippen LogP contribution in [0.1, 0.15) is 17.3 Å². The van der Waals surface area contributed by atoms with E-state index in [4.69, 9.17) is 23.2 Å². The van der Waals surface area contributed by atoms with Gasteiger partial charge in [0.1, 0.15) is 0 Å². The smallest absolute Gasteiger partial charge is 0.441 e. The lowest BCUT2D eigenvalue weighted by atomic mass is 10.1. The van der Waals surface area contributed by atoms with E-state index in [1.165, 1.54) is 18.3 Å². The zero-order valence-electron chi connectivity index (χ0n) is 15.0. The molecule has 0 fully saturated rings. The molecule has 2 rings (SSSR count). The Morgan fingerprint density at radius 2 is 1.70 bits per heavy atom. The molecule has 2 N–H and O–H groups in total. The van der Waals surface area contributed by atoms with Crippen molar-refractivity contribution >= 4 is 40.8 Å². The second-order valence-corrected chi connectivity index (χ2v) is 6.64. The van der Waals surface area contributed by atoms with Gasteiger partial charge in [-0.05, 0) is 37.3 Å². The van der Waals surface area contributed by atoms with Crippen molar-refractivity contribution in [3.63, 3.8) is 0 Å². The third-order valence-corrected chi connectivity index (χ3v) is 4.28. The molecule has 0 aliphatic rings. The number of amides is 1. The van der Waals surface area contributed by atoms with E-state index >= 15 is 0 Å². The highest BCUT2D eigenvalue weighted by Crippen LogP contribution is 2.34. The molecule has 5 nitrogen and oxygen atoms in total. The Balaban J connectivity index is 2.56. The Morgan fingerprint density at radius 1 is 1.03 bits per heavy atom. The molecule has 0 saturated heterocycles. The second-order valence-electron chi connectivity index (χ2n) is 5.80. The highest BCUT2D eigenvalue weighted by atomic mass is 35.5. The highest BCUT2D eigenvalue weighted by Gasteiger charge is 2.63. The zero-order chi connectivity index (χ0) is 22.7. The quantitative estimate of drug-likeness (QED) is 0.356. The van der Waals surface area contributed by atoms with Crippen LogP contribution in [0.5, 0.6) is 0 Å². The monoisotopic (exact) mass is 470 g/mol. The molecular weight excluding hydrogens is 458 g/mol. The van der Waals surface area contributed by atoms with Gasteiger partial charge in [0, 0.05) is 16.8 Å². The molecule has 1 amide bonds. The summed E-state index contributed by atoms with van der Waals surface area (Å²) in [4.78, 5) is 24.9. The van der Waals surface area contributed by atoms with Crippen LogP contribution in [-0.2, 0) is 9.53 Å². The summed E-state index contributed by atoms with van der Waals surface area (Å²) in [6.45, 7) is 0.780. The Labute approximate surface area is 177 Å². The van der Waals surface area contributed by atoms with Crippen molar-refractivity contribution in [2.75, 3.05) is 11.9 Å². The van der Waals surface area contributed by atoms with Crippen molar-refractivity contribution in [2.24, 2.45) is 0 Å². The van der Waals surface area contributed by atoms with Crippen molar-refractivity contribution in [3.8, 4) is 0 Å². The van der Waals surface area contributed by atoms with Crippen LogP contribution in [0.2, 0.25) is 10.0 Å². The molecule has 0 saturated carbocycles. The first kappa shape index (κ1) is 23.7. The van der Waals surface area contributed by atoms with E-state index < -0.39 is 53.2 Å². The van der Waals surface area contributed by atoms with Gasteiger partial charge in [0.05, 0.1) is 17.2 Å². The highest BCUT2D eigenvalue weighted by molar-refractivity contribution is 6.36. The van der Waals surface area contributed by atoms with Gasteiger partial charge in [0.15, 0.2) is 11.6 Å². The van der Waals surface area contributed by atoms with Gasteiger partial charge in [-0.25, -0.2) is 13.6 Å². The van der Waals surface area contributed by atoms with Crippen LogP contribution in [0.25, 0.3) is 0 Å². The lowest BCUT2D eigenvalue weighted by Gasteiger charge is -2.35. The van der Waals surface area contributed by atoms with Crippen molar-refractivity contribution in [2.45, 2.75) is 18.8 Å². The van der Waals surface area contributed by atoms with Crippen molar-refractivity contribution in [3.05, 3.63) is 63.6 Å². The number of anilines is 1. The number of carbonyl (C=O) groups excluding carboxylic acids is 2. The van der Waals surface area contributed by atoms with Gasteiger partial charge >= 0.3 is 17.8 Å². The maximum Gasteiger partial charge on any atom is 0.441 e. The number of carbonyl (C=O) groups is 2. The first-order chi connectivity index (χ1) is 13.9. The van der Waals surface area contributed by atoms with Crippen LogP contribution in [-0.4, -0.2) is 30.3 Å². The largest absolute Gasteiger partial charge is 0.463 e. The third-order valence-electron chi connectivity index (χ3n) is 3.74. The number of rotatable bonds is 6. The summed E-state index contributed by atoms with van der Waals surface area (Å²) in [5, 5.41) is 3.06. The van der Waals surface area contributed by atoms with E-state index in [2.05, 4.69) is 4.74 Å². The minimum absolute atomic E-state index is 0.115. The number of ether oxygens (including phenoxy) is 1. The van der Waals surface area contributed by atoms with Crippen LogP contribution in [0.3, 0.4) is 0 Å². The van der Waals surface area contributed by atoms with Gasteiger partial charge in [0.25, 0.3) is 5.91 Å². The Morgan fingerprint density at radius 3 is 2.23 bits per heavy atom. The molecule has 162 valence electrons. The molecule has 0 aliphatic heterocycles. The van der Waals surface area contributed by atoms with Crippen LogP contribution in [0, 0.1) is 11.6 Å². The van der Waals surface area contributed by atoms with Crippen LogP contribution < -0.4 is 10.6 Å². The van der Waals surface area contributed by atoms with Gasteiger partial charge in [-0.3, -0.25) is 4.79 Å². The zero-order valence-corrected chi connectivity index (χ0v) is 16.6. The number of benzene rings is 2. The fourth-order valence-electron chi connectivity index (χ4n) is 2.33. The number of hydrogen-bond donors (Lipinski definition) is 2. The topological polar surface area (TPSA) is 67.4 Å². The van der Waals surface area contributed by atoms with Gasteiger partial charge in [-0.1, -0.05) is 23.2 Å². The molecule has 0 bridgehead atoms. The van der Waals surface area contributed by atoms with Crippen molar-refractivity contribution in [1.29, 1.82) is 0 Å². The summed E-state index contributed by atoms with van der Waals surface area (Å²) in [6, 6.07) is 5.03. The first-order valence-corrected chi connectivity index (χ1v) is 8.91. The molecule has 2 aromatic carbocycles. The minimum atomic E-state index is -5.47.